The van der Waals surface area contributed by atoms with Crippen LogP contribution in [0.2, 0.25) is 0 Å². The van der Waals surface area contributed by atoms with Gasteiger partial charge < -0.3 is 8.83 Å². The molecule has 0 saturated heterocycles. The van der Waals surface area contributed by atoms with Gasteiger partial charge in [0.1, 0.15) is 28.1 Å². The average molecular weight is 552 g/mol. The van der Waals surface area contributed by atoms with Gasteiger partial charge in [-0.05, 0) is 75.5 Å². The Morgan fingerprint density at radius 2 is 1.28 bits per heavy atom. The lowest BCUT2D eigenvalue weighted by atomic mass is 10.0. The van der Waals surface area contributed by atoms with Crippen molar-refractivity contribution >= 4 is 72.0 Å². The van der Waals surface area contributed by atoms with Crippen LogP contribution in [-0.4, -0.2) is 9.97 Å². The SMILES string of the molecule is c1ccc2c(c1)-c1cccc3cc(N(c4ccc5c(c4)oc4cccnc45)c4cc5oc6ccccc6c5cn4)cc-2c13. The maximum absolute atomic E-state index is 6.30. The second-order valence-corrected chi connectivity index (χ2v) is 11.0. The van der Waals surface area contributed by atoms with Crippen LogP contribution in [0.1, 0.15) is 0 Å². The highest BCUT2D eigenvalue weighted by molar-refractivity contribution is 6.17. The van der Waals surface area contributed by atoms with Gasteiger partial charge in [-0.25, -0.2) is 4.98 Å². The van der Waals surface area contributed by atoms with Crippen LogP contribution in [0.25, 0.3) is 77.0 Å². The Kier molecular flexibility index (Phi) is 4.39. The van der Waals surface area contributed by atoms with Crippen molar-refractivity contribution in [2.45, 2.75) is 0 Å². The van der Waals surface area contributed by atoms with Crippen molar-refractivity contribution in [1.29, 1.82) is 0 Å². The van der Waals surface area contributed by atoms with E-state index in [1.165, 1.54) is 33.0 Å². The summed E-state index contributed by atoms with van der Waals surface area (Å²) in [4.78, 5) is 11.8. The van der Waals surface area contributed by atoms with Gasteiger partial charge in [0.15, 0.2) is 5.58 Å². The molecule has 5 nitrogen and oxygen atoms in total. The summed E-state index contributed by atoms with van der Waals surface area (Å²) in [6.45, 7) is 0. The van der Waals surface area contributed by atoms with Crippen LogP contribution < -0.4 is 4.90 Å². The third-order valence-electron chi connectivity index (χ3n) is 8.67. The summed E-state index contributed by atoms with van der Waals surface area (Å²) >= 11 is 0. The third kappa shape index (κ3) is 3.16. The highest BCUT2D eigenvalue weighted by Crippen LogP contribution is 2.50. The predicted molar refractivity (Wildman–Crippen MR) is 173 cm³/mol. The third-order valence-corrected chi connectivity index (χ3v) is 8.67. The van der Waals surface area contributed by atoms with Gasteiger partial charge in [-0.3, -0.25) is 9.88 Å². The summed E-state index contributed by atoms with van der Waals surface area (Å²) in [6.07, 6.45) is 3.72. The van der Waals surface area contributed by atoms with Crippen molar-refractivity contribution in [3.05, 3.63) is 128 Å². The lowest BCUT2D eigenvalue weighted by Crippen LogP contribution is -2.11. The predicted octanol–water partition coefficient (Wildman–Crippen LogP) is 10.5. The number of aromatic nitrogens is 2. The topological polar surface area (TPSA) is 55.3 Å². The lowest BCUT2D eigenvalue weighted by molar-refractivity contribution is 0.668. The zero-order chi connectivity index (χ0) is 28.1. The smallest absolute Gasteiger partial charge is 0.153 e. The van der Waals surface area contributed by atoms with E-state index in [2.05, 4.69) is 88.7 Å². The quantitative estimate of drug-likeness (QED) is 0.219. The second kappa shape index (κ2) is 8.30. The highest BCUT2D eigenvalue weighted by Gasteiger charge is 2.25. The average Bonchev–Trinajstić information content (AvgIpc) is 3.71. The molecule has 0 radical (unpaired) electrons. The molecule has 200 valence electrons. The number of para-hydroxylation sites is 1. The van der Waals surface area contributed by atoms with E-state index in [1.807, 2.05) is 42.6 Å². The first kappa shape index (κ1) is 22.7. The maximum Gasteiger partial charge on any atom is 0.153 e. The number of nitrogens with zero attached hydrogens (tertiary/aromatic N) is 3. The van der Waals surface area contributed by atoms with Crippen molar-refractivity contribution < 1.29 is 8.83 Å². The Balaban J connectivity index is 1.25. The Morgan fingerprint density at radius 3 is 2.23 bits per heavy atom. The molecule has 0 N–H and O–H groups in total. The van der Waals surface area contributed by atoms with Gasteiger partial charge in [-0.2, -0.15) is 0 Å². The number of anilines is 3. The molecule has 10 rings (SSSR count). The minimum atomic E-state index is 0.758. The lowest BCUT2D eigenvalue weighted by Gasteiger charge is -2.25. The van der Waals surface area contributed by atoms with E-state index in [-0.39, 0.29) is 0 Å². The van der Waals surface area contributed by atoms with E-state index in [9.17, 15) is 0 Å². The van der Waals surface area contributed by atoms with E-state index in [1.54, 1.807) is 6.20 Å². The summed E-state index contributed by atoms with van der Waals surface area (Å²) in [6, 6.07) is 40.0. The molecule has 5 heteroatoms. The molecule has 0 atom stereocenters. The molecule has 1 aliphatic carbocycles. The fraction of sp³-hybridized carbons (Fsp3) is 0. The molecule has 1 aliphatic rings. The summed E-state index contributed by atoms with van der Waals surface area (Å²) in [5.41, 5.74) is 11.0. The molecule has 0 aliphatic heterocycles. The normalized spacial score (nSPS) is 12.2. The number of pyridine rings is 2. The van der Waals surface area contributed by atoms with Gasteiger partial charge >= 0.3 is 0 Å². The Labute approximate surface area is 245 Å². The van der Waals surface area contributed by atoms with E-state index in [4.69, 9.17) is 13.8 Å². The number of fused-ring (bicyclic) bond motifs is 9. The van der Waals surface area contributed by atoms with Crippen molar-refractivity contribution in [3.8, 4) is 22.3 Å². The molecule has 0 saturated carbocycles. The molecule has 5 aromatic carbocycles. The van der Waals surface area contributed by atoms with Crippen molar-refractivity contribution in [2.24, 2.45) is 0 Å². The molecule has 0 bridgehead atoms. The fourth-order valence-corrected chi connectivity index (χ4v) is 6.80. The molecule has 0 fully saturated rings. The highest BCUT2D eigenvalue weighted by atomic mass is 16.3. The molecular weight excluding hydrogens is 530 g/mol. The van der Waals surface area contributed by atoms with Gasteiger partial charge in [0, 0.05) is 46.4 Å². The largest absolute Gasteiger partial charge is 0.456 e. The van der Waals surface area contributed by atoms with Crippen molar-refractivity contribution in [1.82, 2.24) is 9.97 Å². The minimum absolute atomic E-state index is 0.758. The van der Waals surface area contributed by atoms with Crippen LogP contribution in [0.4, 0.5) is 17.2 Å². The maximum atomic E-state index is 6.30. The van der Waals surface area contributed by atoms with Crippen LogP contribution >= 0.6 is 0 Å². The van der Waals surface area contributed by atoms with Crippen LogP contribution in [0, 0.1) is 0 Å². The molecule has 43 heavy (non-hydrogen) atoms. The van der Waals surface area contributed by atoms with Gasteiger partial charge in [0.25, 0.3) is 0 Å². The van der Waals surface area contributed by atoms with Crippen LogP contribution in [-0.2, 0) is 0 Å². The summed E-state index contributed by atoms with van der Waals surface area (Å²) in [5.74, 6) is 0.758. The Bertz CT molecular complexity index is 2480. The second-order valence-electron chi connectivity index (χ2n) is 11.0. The first-order valence-electron chi connectivity index (χ1n) is 14.3. The Hall–Kier alpha value is -5.94. The standard InChI is InChI=1S/C38H21N3O2/c1-2-9-26-25(8-1)28-11-5-7-22-17-24(18-30(26)37(22)28)41(23-14-15-29-34(19-23)43-33-13-6-16-39-38(29)33)36-20-35-31(21-40-36)27-10-3-4-12-32(27)42-35/h1-21H. The van der Waals surface area contributed by atoms with Crippen LogP contribution in [0.15, 0.2) is 136 Å². The van der Waals surface area contributed by atoms with Gasteiger partial charge in [0.05, 0.1) is 5.69 Å². The summed E-state index contributed by atoms with van der Waals surface area (Å²) < 4.78 is 12.6. The van der Waals surface area contributed by atoms with Crippen molar-refractivity contribution in [2.75, 3.05) is 4.90 Å². The number of furan rings is 2. The Morgan fingerprint density at radius 1 is 0.488 bits per heavy atom. The summed E-state index contributed by atoms with van der Waals surface area (Å²) in [5, 5.41) is 5.50. The van der Waals surface area contributed by atoms with E-state index in [0.29, 0.717) is 0 Å². The molecule has 0 spiro atoms. The van der Waals surface area contributed by atoms with Crippen molar-refractivity contribution in [3.63, 3.8) is 0 Å². The van der Waals surface area contributed by atoms with Gasteiger partial charge in [-0.15, -0.1) is 0 Å². The number of hydrogen-bond donors (Lipinski definition) is 0. The first-order valence-corrected chi connectivity index (χ1v) is 14.3. The molecule has 9 aromatic rings. The van der Waals surface area contributed by atoms with Gasteiger partial charge in [0.2, 0.25) is 0 Å². The molecular formula is C38H21N3O2. The van der Waals surface area contributed by atoms with E-state index < -0.39 is 0 Å². The minimum Gasteiger partial charge on any atom is -0.456 e. The molecule has 4 heterocycles. The number of hydrogen-bond acceptors (Lipinski definition) is 5. The van der Waals surface area contributed by atoms with E-state index in [0.717, 1.165) is 61.2 Å². The monoisotopic (exact) mass is 551 g/mol. The summed E-state index contributed by atoms with van der Waals surface area (Å²) in [7, 11) is 0. The molecule has 4 aromatic heterocycles. The fourth-order valence-electron chi connectivity index (χ4n) is 6.80. The first-order chi connectivity index (χ1) is 21.3. The van der Waals surface area contributed by atoms with Crippen LogP contribution in [0.5, 0.6) is 0 Å². The molecule has 0 amide bonds. The zero-order valence-electron chi connectivity index (χ0n) is 22.8. The number of benzene rings is 5. The molecule has 0 unspecified atom stereocenters. The van der Waals surface area contributed by atoms with Gasteiger partial charge in [-0.1, -0.05) is 60.7 Å². The zero-order valence-corrected chi connectivity index (χ0v) is 22.8. The van der Waals surface area contributed by atoms with E-state index >= 15 is 0 Å². The van der Waals surface area contributed by atoms with Crippen LogP contribution in [0.3, 0.4) is 0 Å². The number of rotatable bonds is 3.